The molecule has 0 radical (unpaired) electrons. The Balaban J connectivity index is 0.829. The van der Waals surface area contributed by atoms with Gasteiger partial charge in [0.15, 0.2) is 0 Å². The van der Waals surface area contributed by atoms with Gasteiger partial charge in [-0.05, 0) is 149 Å². The summed E-state index contributed by atoms with van der Waals surface area (Å²) in [6.07, 6.45) is -2.99. The van der Waals surface area contributed by atoms with Crippen LogP contribution in [-0.2, 0) is 61.2 Å². The fourth-order valence-electron chi connectivity index (χ4n) is 15.9. The summed E-state index contributed by atoms with van der Waals surface area (Å²) in [4.78, 5) is 103. The predicted octanol–water partition coefficient (Wildman–Crippen LogP) is 11.9. The van der Waals surface area contributed by atoms with Gasteiger partial charge in [0.05, 0.1) is 48.8 Å². The monoisotopic (exact) mass is 1560 g/mol. The van der Waals surface area contributed by atoms with Crippen LogP contribution in [0.5, 0.6) is 10.4 Å². The summed E-state index contributed by atoms with van der Waals surface area (Å²) in [5, 5.41) is 12.7. The molecule has 568 valence electrons. The Hall–Kier alpha value is -7.29. The zero-order valence-corrected chi connectivity index (χ0v) is 62.3. The number of carbonyl (C=O) groups is 6. The number of benzene rings is 3. The largest absolute Gasteiger partial charge is 0.465 e. The Labute approximate surface area is 617 Å². The van der Waals surface area contributed by atoms with Crippen molar-refractivity contribution in [3.63, 3.8) is 0 Å². The van der Waals surface area contributed by atoms with Crippen molar-refractivity contribution < 1.29 is 81.4 Å². The lowest BCUT2D eigenvalue weighted by atomic mass is 9.79. The molecule has 13 atom stereocenters. The number of hydrogen-bond donors (Lipinski definition) is 6. The molecule has 0 bridgehead atoms. The summed E-state index contributed by atoms with van der Waals surface area (Å²) >= 11 is 8.73. The molecule has 3 unspecified atom stereocenters. The first kappa shape index (κ1) is 75.9. The fourth-order valence-corrected chi connectivity index (χ4v) is 20.3. The van der Waals surface area contributed by atoms with E-state index in [0.717, 1.165) is 35.5 Å². The minimum Gasteiger partial charge on any atom is -0.465 e. The van der Waals surface area contributed by atoms with Crippen LogP contribution in [0.25, 0.3) is 16.3 Å². The summed E-state index contributed by atoms with van der Waals surface area (Å²) in [7, 11) is -8.48. The lowest BCUT2D eigenvalue weighted by Crippen LogP contribution is -2.58. The molecule has 13 rings (SSSR count). The van der Waals surface area contributed by atoms with Crippen LogP contribution < -0.4 is 40.2 Å². The number of halogens is 7. The van der Waals surface area contributed by atoms with E-state index in [1.54, 1.807) is 31.2 Å². The first-order chi connectivity index (χ1) is 49.5. The molecule has 4 aliphatic heterocycles. The van der Waals surface area contributed by atoms with Gasteiger partial charge < -0.3 is 40.5 Å². The van der Waals surface area contributed by atoms with Crippen LogP contribution in [0.2, 0.25) is 5.02 Å². The standard InChI is InChI=1S/C72H85ClF6N10O12S4/c1-6-48-36-80-65(102-48)100-46-32-55-60(91)85-70(64(95)87-105(98,99)68(5)26-27-68)35-52(70)40(3)49(19-11-9-13-22-54(62(93)88(55)37-46)82-45-29-41(71(74,75)76)28-42(30-45)72(77,78)79)50-20-15-23-57-58(50)83-66(103-57)101-47-33-56-59(90)84-69(63(94)86-104(96,97)67(4)24-25-67)34-51(69)39(2)16-10-7-8-12-21-53(61(92)89(56)38-47)81-44-18-14-17-43(73)31-44/h6,14-15,17-18,20,23,28-31,36,39-40,46-47,49,51-56,81-82H,1,7-13,16,19,21-22,24-27,32-35,37-38H2,2-5H3,(H,84,90)(H,85,91)(H,86,94)(H,87,95)/t39?,40?,46-,47-,49?,51+,52+,53+,54+,55+,56+,69-,70-/m1/s1. The van der Waals surface area contributed by atoms with E-state index in [9.17, 15) is 48.0 Å². The molecule has 4 saturated heterocycles. The van der Waals surface area contributed by atoms with Crippen LogP contribution >= 0.6 is 34.3 Å². The van der Waals surface area contributed by atoms with Crippen molar-refractivity contribution in [1.82, 2.24) is 39.8 Å². The highest BCUT2D eigenvalue weighted by atomic mass is 35.5. The van der Waals surface area contributed by atoms with Crippen molar-refractivity contribution in [2.24, 2.45) is 23.7 Å². The number of carbonyl (C=O) groups excluding carboxylic acids is 6. The van der Waals surface area contributed by atoms with Gasteiger partial charge in [0.2, 0.25) is 43.7 Å². The van der Waals surface area contributed by atoms with Gasteiger partial charge in [-0.1, -0.05) is 130 Å². The van der Waals surface area contributed by atoms with E-state index < -0.39 is 165 Å². The molecule has 105 heavy (non-hydrogen) atoms. The summed E-state index contributed by atoms with van der Waals surface area (Å²) in [6, 6.07) is 8.24. The van der Waals surface area contributed by atoms with Gasteiger partial charge in [-0.3, -0.25) is 38.2 Å². The Kier molecular flexibility index (Phi) is 20.7. The van der Waals surface area contributed by atoms with Gasteiger partial charge in [0.25, 0.3) is 22.2 Å². The van der Waals surface area contributed by atoms with Crippen LogP contribution in [0.3, 0.4) is 0 Å². The van der Waals surface area contributed by atoms with Crippen LogP contribution in [0.1, 0.15) is 177 Å². The zero-order valence-electron chi connectivity index (χ0n) is 58.3. The first-order valence-electron chi connectivity index (χ1n) is 35.8. The molecule has 6 N–H and O–H groups in total. The van der Waals surface area contributed by atoms with E-state index >= 15 is 24.0 Å². The Morgan fingerprint density at radius 1 is 0.657 bits per heavy atom. The van der Waals surface area contributed by atoms with Gasteiger partial charge in [-0.15, -0.1) is 0 Å². The number of sulfonamides is 2. The second-order valence-electron chi connectivity index (χ2n) is 30.5. The molecule has 0 spiro atoms. The molecule has 33 heteroatoms. The van der Waals surface area contributed by atoms with E-state index in [2.05, 4.69) is 42.3 Å². The molecular weight excluding hydrogens is 1470 g/mol. The third-order valence-corrected chi connectivity index (χ3v) is 29.4. The molecule has 8 aliphatic rings. The molecule has 22 nitrogen and oxygen atoms in total. The number of alkyl halides is 6. The van der Waals surface area contributed by atoms with Crippen LogP contribution in [-0.4, -0.2) is 142 Å². The van der Waals surface area contributed by atoms with Crippen molar-refractivity contribution in [2.45, 2.75) is 225 Å². The normalized spacial score (nSPS) is 30.2. The van der Waals surface area contributed by atoms with Crippen molar-refractivity contribution in [2.75, 3.05) is 23.7 Å². The number of nitrogens with zero attached hydrogens (tertiary/aromatic N) is 4. The average Bonchev–Trinajstić information content (AvgIpc) is 1.56. The quantitative estimate of drug-likeness (QED) is 0.0500. The Morgan fingerprint density at radius 2 is 1.16 bits per heavy atom. The number of anilines is 2. The topological polar surface area (TPSA) is 294 Å². The second kappa shape index (κ2) is 28.7. The Morgan fingerprint density at radius 3 is 1.70 bits per heavy atom. The van der Waals surface area contributed by atoms with Gasteiger partial charge >= 0.3 is 12.4 Å². The third kappa shape index (κ3) is 15.7. The SMILES string of the molecule is C=Cc1cnc(O[C@@H]2C[C@H]3C(=O)N[C@]4(C(=O)NS(=O)(=O)C5(C)CC5)C[C@H]4C(C)C(c4cccc5sc(O[C@@H]6C[C@H]7C(=O)N[C@]8(C(=O)NS(=O)(=O)C9(C)CC9)C[C@H]8C(C)CCCCCC[C@H](Nc8cccc(Cl)c8)C(=O)N7C6)nc45)CCCCC[C@H](Nc4cc(C(F)(F)F)cc(C(F)(F)F)c4)C(=O)N3C2)s1. The maximum absolute atomic E-state index is 15.4. The summed E-state index contributed by atoms with van der Waals surface area (Å²) in [5.41, 5.74) is -5.73. The number of para-hydroxylation sites is 1. The molecule has 6 amide bonds. The number of aromatic nitrogens is 2. The lowest BCUT2D eigenvalue weighted by molar-refractivity contribution is -0.143. The molecule has 4 aliphatic carbocycles. The molecule has 3 aromatic carbocycles. The molecular formula is C72H85ClF6N10O12S4. The highest BCUT2D eigenvalue weighted by molar-refractivity contribution is 7.92. The molecule has 2 aromatic heterocycles. The molecule has 4 saturated carbocycles. The van der Waals surface area contributed by atoms with E-state index in [0.29, 0.717) is 94.9 Å². The van der Waals surface area contributed by atoms with E-state index in [1.165, 1.54) is 35.4 Å². The Bertz CT molecular complexity index is 4450. The summed E-state index contributed by atoms with van der Waals surface area (Å²) < 4.78 is 157. The van der Waals surface area contributed by atoms with Gasteiger partial charge in [-0.25, -0.2) is 26.8 Å². The smallest absolute Gasteiger partial charge is 0.416 e. The molecule has 8 fully saturated rings. The lowest BCUT2D eigenvalue weighted by Gasteiger charge is -2.31. The van der Waals surface area contributed by atoms with Gasteiger partial charge in [-0.2, -0.15) is 26.3 Å². The van der Waals surface area contributed by atoms with E-state index in [-0.39, 0.29) is 86.8 Å². The maximum Gasteiger partial charge on any atom is 0.416 e. The third-order valence-electron chi connectivity index (χ3n) is 23.0. The van der Waals surface area contributed by atoms with E-state index in [4.69, 9.17) is 26.1 Å². The van der Waals surface area contributed by atoms with E-state index in [1.807, 2.05) is 32.0 Å². The van der Waals surface area contributed by atoms with Gasteiger partial charge in [0, 0.05) is 35.4 Å². The number of nitrogens with one attached hydrogen (secondary N) is 6. The van der Waals surface area contributed by atoms with Crippen LogP contribution in [0.4, 0.5) is 37.7 Å². The highest BCUT2D eigenvalue weighted by Crippen LogP contribution is 2.56. The molecule has 5 aromatic rings. The number of ether oxygens (including phenoxy) is 2. The van der Waals surface area contributed by atoms with Crippen molar-refractivity contribution in [3.05, 3.63) is 100 Å². The number of thiazole rings is 2. The number of fused-ring (bicyclic) bond motifs is 5. The van der Waals surface area contributed by atoms with Crippen molar-refractivity contribution >= 4 is 117 Å². The number of amides is 6. The van der Waals surface area contributed by atoms with Crippen LogP contribution in [0, 0.1) is 23.7 Å². The average molecular weight is 1560 g/mol. The summed E-state index contributed by atoms with van der Waals surface area (Å²) in [6.45, 7) is 10.3. The fraction of sp³-hybridized carbons (Fsp3) is 0.583. The first-order valence-corrected chi connectivity index (χ1v) is 40.8. The highest BCUT2D eigenvalue weighted by Gasteiger charge is 2.68. The number of hydrogen-bond acceptors (Lipinski definition) is 18. The van der Waals surface area contributed by atoms with Gasteiger partial charge in [0.1, 0.15) is 47.5 Å². The minimum absolute atomic E-state index is 0.0282. The van der Waals surface area contributed by atoms with Crippen molar-refractivity contribution in [3.8, 4) is 10.4 Å². The number of rotatable bonds is 16. The predicted molar refractivity (Wildman–Crippen MR) is 383 cm³/mol. The molecule has 6 heterocycles. The minimum atomic E-state index is -5.23. The maximum atomic E-state index is 15.4. The summed E-state index contributed by atoms with van der Waals surface area (Å²) in [5.74, 6) is -7.08. The van der Waals surface area contributed by atoms with Crippen molar-refractivity contribution in [1.29, 1.82) is 0 Å². The van der Waals surface area contributed by atoms with Crippen LogP contribution in [0.15, 0.2) is 73.4 Å². The second-order valence-corrected chi connectivity index (χ2v) is 37.3. The zero-order chi connectivity index (χ0) is 75.1.